The van der Waals surface area contributed by atoms with Crippen molar-refractivity contribution in [1.29, 1.82) is 0 Å². The summed E-state index contributed by atoms with van der Waals surface area (Å²) >= 11 is 1.61. The zero-order valence-corrected chi connectivity index (χ0v) is 45.3. The number of nitrogens with zero attached hydrogens (tertiary/aromatic N) is 1. The van der Waals surface area contributed by atoms with Gasteiger partial charge in [0.1, 0.15) is 12.7 Å². The highest BCUT2D eigenvalue weighted by Crippen LogP contribution is 2.27. The summed E-state index contributed by atoms with van der Waals surface area (Å²) in [7, 11) is 1.64. The molecule has 0 saturated carbocycles. The Kier molecular flexibility index (Phi) is 43.7. The molecule has 75 heavy (non-hydrogen) atoms. The number of thiazole rings is 1. The van der Waals surface area contributed by atoms with Gasteiger partial charge in [0.2, 0.25) is 5.91 Å². The Bertz CT molecular complexity index is 1600. The minimum absolute atomic E-state index is 0.132. The van der Waals surface area contributed by atoms with Gasteiger partial charge in [-0.25, -0.2) is 9.78 Å². The van der Waals surface area contributed by atoms with Crippen LogP contribution in [0.1, 0.15) is 17.7 Å². The van der Waals surface area contributed by atoms with Crippen LogP contribution >= 0.6 is 11.3 Å². The second kappa shape index (κ2) is 49.4. The smallest absolute Gasteiger partial charge is 0.332 e. The maximum Gasteiger partial charge on any atom is 0.332 e. The Morgan fingerprint density at radius 2 is 0.840 bits per heavy atom. The third-order valence-electron chi connectivity index (χ3n) is 10.4. The van der Waals surface area contributed by atoms with Crippen LogP contribution in [0, 0.1) is 6.92 Å². The Morgan fingerprint density at radius 1 is 0.507 bits per heavy atom. The number of methoxy groups -OCH3 is 1. The van der Waals surface area contributed by atoms with Crippen molar-refractivity contribution in [3.05, 3.63) is 41.0 Å². The maximum atomic E-state index is 12.7. The second-order valence-corrected chi connectivity index (χ2v) is 17.1. The van der Waals surface area contributed by atoms with E-state index in [9.17, 15) is 9.59 Å². The number of carbonyl (C=O) groups is 2. The number of nitrogens with one attached hydrogen (secondary N) is 2. The van der Waals surface area contributed by atoms with Crippen molar-refractivity contribution in [2.75, 3.05) is 232 Å². The number of esters is 1. The molecule has 0 aliphatic carbocycles. The fourth-order valence-electron chi connectivity index (χ4n) is 6.47. The zero-order valence-electron chi connectivity index (χ0n) is 44.5. The van der Waals surface area contributed by atoms with Crippen LogP contribution in [0.15, 0.2) is 29.8 Å². The van der Waals surface area contributed by atoms with E-state index in [4.69, 9.17) is 85.3 Å². The molecule has 2 heterocycles. The van der Waals surface area contributed by atoms with Gasteiger partial charge in [-0.2, -0.15) is 0 Å². The van der Waals surface area contributed by atoms with Crippen LogP contribution in [-0.2, 0) is 101 Å². The fourth-order valence-corrected chi connectivity index (χ4v) is 7.29. The molecule has 0 radical (unpaired) electrons. The van der Waals surface area contributed by atoms with Crippen LogP contribution in [-0.4, -0.2) is 261 Å². The van der Waals surface area contributed by atoms with Crippen LogP contribution in [0.5, 0.6) is 0 Å². The average Bonchev–Trinajstić information content (AvgIpc) is 4.08. The van der Waals surface area contributed by atoms with E-state index in [1.165, 1.54) is 0 Å². The van der Waals surface area contributed by atoms with Crippen molar-refractivity contribution >= 4 is 23.2 Å². The topological polar surface area (TPSA) is 237 Å². The molecule has 1 saturated heterocycles. The number of hydrogen-bond donors (Lipinski definition) is 2. The van der Waals surface area contributed by atoms with E-state index in [1.54, 1.807) is 18.4 Å². The summed E-state index contributed by atoms with van der Waals surface area (Å²) in [5.41, 5.74) is 4.94. The third kappa shape index (κ3) is 38.3. The summed E-state index contributed by atoms with van der Waals surface area (Å²) in [6.45, 7) is 17.8. The van der Waals surface area contributed by atoms with E-state index in [-0.39, 0.29) is 19.1 Å². The Hall–Kier alpha value is -2.93. The van der Waals surface area contributed by atoms with Gasteiger partial charge in [0.15, 0.2) is 0 Å². The minimum Gasteiger partial charge on any atom is -0.459 e. The lowest BCUT2D eigenvalue weighted by Crippen LogP contribution is -2.39. The van der Waals surface area contributed by atoms with Crippen LogP contribution in [0.2, 0.25) is 0 Å². The van der Waals surface area contributed by atoms with Gasteiger partial charge in [-0.05, 0) is 18.1 Å². The molecule has 1 amide bonds. The van der Waals surface area contributed by atoms with Crippen LogP contribution in [0.4, 0.5) is 0 Å². The number of ether oxygens (including phenoxy) is 18. The van der Waals surface area contributed by atoms with Gasteiger partial charge in [-0.1, -0.05) is 24.3 Å². The summed E-state index contributed by atoms with van der Waals surface area (Å²) in [5.74, 6) is -0.613. The molecule has 1 aromatic heterocycles. The molecule has 24 heteroatoms. The predicted molar refractivity (Wildman–Crippen MR) is 275 cm³/mol. The van der Waals surface area contributed by atoms with Crippen molar-refractivity contribution < 1.29 is 94.9 Å². The van der Waals surface area contributed by atoms with E-state index in [1.807, 2.05) is 36.7 Å². The summed E-state index contributed by atoms with van der Waals surface area (Å²) < 4.78 is 98.0. The van der Waals surface area contributed by atoms with Gasteiger partial charge in [-0.15, -0.1) is 11.3 Å². The van der Waals surface area contributed by atoms with Crippen molar-refractivity contribution in [3.63, 3.8) is 0 Å². The molecule has 1 aromatic carbocycles. The first-order chi connectivity index (χ1) is 37.1. The van der Waals surface area contributed by atoms with E-state index < -0.39 is 18.1 Å². The molecule has 3 rings (SSSR count). The van der Waals surface area contributed by atoms with E-state index in [2.05, 4.69) is 15.6 Å². The summed E-state index contributed by atoms with van der Waals surface area (Å²) in [6.07, 6.45) is -0.000610. The summed E-state index contributed by atoms with van der Waals surface area (Å²) in [5, 5.41) is 6.09. The van der Waals surface area contributed by atoms with E-state index >= 15 is 0 Å². The van der Waals surface area contributed by atoms with Crippen LogP contribution < -0.4 is 10.6 Å². The minimum atomic E-state index is -0.481. The Morgan fingerprint density at radius 3 is 1.16 bits per heavy atom. The number of carbonyl (C=O) groups excluding carboxylic acids is 2. The zero-order chi connectivity index (χ0) is 53.2. The molecule has 0 bridgehead atoms. The first-order valence-corrected chi connectivity index (χ1v) is 26.9. The van der Waals surface area contributed by atoms with Crippen LogP contribution in [0.25, 0.3) is 10.4 Å². The largest absolute Gasteiger partial charge is 0.459 e. The molecule has 2 N–H and O–H groups in total. The quantitative estimate of drug-likeness (QED) is 0.0711. The Balaban J connectivity index is 0.907. The first-order valence-electron chi connectivity index (χ1n) is 26.0. The molecule has 1 aliphatic rings. The third-order valence-corrected chi connectivity index (χ3v) is 11.3. The molecule has 2 unspecified atom stereocenters. The highest BCUT2D eigenvalue weighted by atomic mass is 32.1. The van der Waals surface area contributed by atoms with Crippen molar-refractivity contribution in [3.8, 4) is 10.4 Å². The average molecular weight is 1090 g/mol. The van der Waals surface area contributed by atoms with Gasteiger partial charge in [-0.3, -0.25) is 4.79 Å². The molecule has 0 spiro atoms. The normalized spacial score (nSPS) is 14.5. The molecule has 23 nitrogen and oxygen atoms in total. The second-order valence-electron chi connectivity index (χ2n) is 16.2. The highest BCUT2D eigenvalue weighted by Gasteiger charge is 2.31. The molecule has 1 aliphatic heterocycles. The number of aryl methyl sites for hydroxylation is 1. The SMILES string of the molecule is COCCOCCOCCOCCOCCOCCOCCOCCOCCOCCOCCOCCOCCOCCOCCOCCOCC(=O)OC1CNC(C(=O)NCc2ccc(-c3scnc3C)cc2)C1. The molecule has 432 valence electrons. The van der Waals surface area contributed by atoms with Gasteiger partial charge >= 0.3 is 5.97 Å². The summed E-state index contributed by atoms with van der Waals surface area (Å²) in [4.78, 5) is 30.4. The predicted octanol–water partition coefficient (Wildman–Crippen LogP) is 1.92. The molecule has 2 aromatic rings. The standard InChI is InChI=1S/C51H87N3O20S/c1-44-50(75-43-54-44)46-5-3-45(4-6-46)40-53-51(56)48-39-47(41-52-48)74-49(55)42-73-38-37-72-36-35-71-34-33-70-32-31-69-30-29-68-28-27-67-26-25-66-24-23-65-22-21-64-20-19-63-18-17-62-16-15-61-14-13-60-12-11-59-10-9-58-8-7-57-2/h3-6,43,47-48,52H,7-42H2,1-2H3,(H,53,56). The first kappa shape index (κ1) is 66.4. The van der Waals surface area contributed by atoms with Gasteiger partial charge < -0.3 is 95.9 Å². The Labute approximate surface area is 447 Å². The van der Waals surface area contributed by atoms with Crippen molar-refractivity contribution in [2.24, 2.45) is 0 Å². The number of hydrogen-bond acceptors (Lipinski definition) is 23. The molecule has 1 fully saturated rings. The molecule has 2 atom stereocenters. The lowest BCUT2D eigenvalue weighted by atomic mass is 10.1. The lowest BCUT2D eigenvalue weighted by molar-refractivity contribution is -0.154. The summed E-state index contributed by atoms with van der Waals surface area (Å²) in [6, 6.07) is 7.64. The highest BCUT2D eigenvalue weighted by molar-refractivity contribution is 7.13. The van der Waals surface area contributed by atoms with Crippen molar-refractivity contribution in [1.82, 2.24) is 15.6 Å². The number of benzene rings is 1. The number of amides is 1. The lowest BCUT2D eigenvalue weighted by Gasteiger charge is -2.13. The van der Waals surface area contributed by atoms with Gasteiger partial charge in [0, 0.05) is 26.6 Å². The monoisotopic (exact) mass is 1090 g/mol. The number of aromatic nitrogens is 1. The van der Waals surface area contributed by atoms with E-state index in [0.717, 1.165) is 21.7 Å². The maximum absolute atomic E-state index is 12.7. The molecular formula is C51H87N3O20S. The number of rotatable bonds is 55. The van der Waals surface area contributed by atoms with Crippen molar-refractivity contribution in [2.45, 2.75) is 32.0 Å². The van der Waals surface area contributed by atoms with Gasteiger partial charge in [0.05, 0.1) is 234 Å². The van der Waals surface area contributed by atoms with Gasteiger partial charge in [0.25, 0.3) is 0 Å². The van der Waals surface area contributed by atoms with Crippen LogP contribution in [0.3, 0.4) is 0 Å². The molecular weight excluding hydrogens is 1010 g/mol. The van der Waals surface area contributed by atoms with E-state index in [0.29, 0.717) is 224 Å². The fraction of sp³-hybridized carbons (Fsp3) is 0.784.